The number of ether oxygens (including phenoxy) is 2. The van der Waals surface area contributed by atoms with Gasteiger partial charge in [0.2, 0.25) is 0 Å². The third-order valence-electron chi connectivity index (χ3n) is 7.61. The lowest BCUT2D eigenvalue weighted by Crippen LogP contribution is -2.42. The van der Waals surface area contributed by atoms with Gasteiger partial charge in [-0.3, -0.25) is 4.79 Å². The molecule has 9 nitrogen and oxygen atoms in total. The van der Waals surface area contributed by atoms with E-state index in [4.69, 9.17) is 9.47 Å². The van der Waals surface area contributed by atoms with Crippen molar-refractivity contribution >= 4 is 17.8 Å². The van der Waals surface area contributed by atoms with Gasteiger partial charge in [0.25, 0.3) is 5.91 Å². The third-order valence-corrected chi connectivity index (χ3v) is 7.61. The fourth-order valence-corrected chi connectivity index (χ4v) is 5.29. The van der Waals surface area contributed by atoms with E-state index in [1.165, 1.54) is 6.07 Å². The number of fused-ring (bicyclic) bond motifs is 1. The minimum Gasteiger partial charge on any atom is -0.497 e. The van der Waals surface area contributed by atoms with Crippen LogP contribution in [-0.2, 0) is 4.74 Å². The van der Waals surface area contributed by atoms with E-state index in [1.54, 1.807) is 32.4 Å². The second-order valence-electron chi connectivity index (χ2n) is 10.3. The summed E-state index contributed by atoms with van der Waals surface area (Å²) in [6.45, 7) is 1.98. The summed E-state index contributed by atoms with van der Waals surface area (Å²) in [6, 6.07) is 13.5. The number of aromatic nitrogens is 1. The van der Waals surface area contributed by atoms with Crippen molar-refractivity contribution in [1.29, 1.82) is 0 Å². The first kappa shape index (κ1) is 28.3. The molecule has 0 bridgehead atoms. The van der Waals surface area contributed by atoms with Crippen LogP contribution >= 0.6 is 0 Å². The van der Waals surface area contributed by atoms with Crippen LogP contribution in [-0.4, -0.2) is 48.8 Å². The molecule has 2 heterocycles. The van der Waals surface area contributed by atoms with Gasteiger partial charge >= 0.3 is 6.03 Å². The van der Waals surface area contributed by atoms with Crippen molar-refractivity contribution in [1.82, 2.24) is 20.9 Å². The van der Waals surface area contributed by atoms with E-state index >= 15 is 0 Å². The van der Waals surface area contributed by atoms with Crippen LogP contribution < -0.4 is 26.0 Å². The van der Waals surface area contributed by atoms with E-state index in [0.29, 0.717) is 35.7 Å². The molecule has 1 aromatic heterocycles. The molecule has 4 N–H and O–H groups in total. The van der Waals surface area contributed by atoms with Crippen molar-refractivity contribution in [3.05, 3.63) is 89.1 Å². The predicted octanol–water partition coefficient (Wildman–Crippen LogP) is 4.63. The van der Waals surface area contributed by atoms with Crippen molar-refractivity contribution in [2.24, 2.45) is 0 Å². The summed E-state index contributed by atoms with van der Waals surface area (Å²) in [6.07, 6.45) is 3.90. The molecule has 2 fully saturated rings. The van der Waals surface area contributed by atoms with E-state index in [1.807, 2.05) is 24.3 Å². The highest BCUT2D eigenvalue weighted by Crippen LogP contribution is 2.28. The topological polar surface area (TPSA) is 114 Å². The second kappa shape index (κ2) is 12.5. The van der Waals surface area contributed by atoms with Gasteiger partial charge in [-0.25, -0.2) is 18.6 Å². The first-order valence-electron chi connectivity index (χ1n) is 13.6. The van der Waals surface area contributed by atoms with Gasteiger partial charge in [0, 0.05) is 6.20 Å². The van der Waals surface area contributed by atoms with Crippen LogP contribution in [0.1, 0.15) is 59.8 Å². The van der Waals surface area contributed by atoms with Crippen LogP contribution in [0.2, 0.25) is 0 Å². The zero-order chi connectivity index (χ0) is 28.9. The number of amides is 3. The number of pyridine rings is 1. The number of rotatable bonds is 10. The number of carbonyl (C=O) groups is 2. The molecule has 3 amide bonds. The fourth-order valence-electron chi connectivity index (χ4n) is 5.29. The summed E-state index contributed by atoms with van der Waals surface area (Å²) >= 11 is 0. The highest BCUT2D eigenvalue weighted by atomic mass is 19.2. The van der Waals surface area contributed by atoms with Gasteiger partial charge < -0.3 is 30.7 Å². The highest BCUT2D eigenvalue weighted by Gasteiger charge is 2.37. The molecular formula is C30H33F2N5O4. The average Bonchev–Trinajstić information content (AvgIpc) is 3.36. The Balaban J connectivity index is 1.31. The summed E-state index contributed by atoms with van der Waals surface area (Å²) in [5.41, 5.74) is 1.63. The summed E-state index contributed by atoms with van der Waals surface area (Å²) in [5.74, 6) is -1.29. The minimum atomic E-state index is -0.977. The van der Waals surface area contributed by atoms with Gasteiger partial charge in [-0.1, -0.05) is 18.2 Å². The third kappa shape index (κ3) is 6.74. The molecule has 3 aromatic rings. The van der Waals surface area contributed by atoms with E-state index in [0.717, 1.165) is 30.5 Å². The molecule has 0 radical (unpaired) electrons. The van der Waals surface area contributed by atoms with Crippen molar-refractivity contribution in [2.75, 3.05) is 19.0 Å². The molecule has 0 spiro atoms. The Kier molecular flexibility index (Phi) is 8.63. The van der Waals surface area contributed by atoms with Crippen molar-refractivity contribution in [3.8, 4) is 5.75 Å². The molecule has 1 aliphatic heterocycles. The van der Waals surface area contributed by atoms with Gasteiger partial charge in [0.1, 0.15) is 11.6 Å². The maximum Gasteiger partial charge on any atom is 0.315 e. The van der Waals surface area contributed by atoms with Crippen molar-refractivity contribution in [2.45, 2.75) is 56.5 Å². The van der Waals surface area contributed by atoms with E-state index in [2.05, 4.69) is 26.3 Å². The van der Waals surface area contributed by atoms with Gasteiger partial charge in [-0.15, -0.1) is 0 Å². The smallest absolute Gasteiger partial charge is 0.315 e. The van der Waals surface area contributed by atoms with Gasteiger partial charge in [-0.2, -0.15) is 0 Å². The molecule has 41 heavy (non-hydrogen) atoms. The standard InChI is InChI=1S/C30H33F2N5O4/c1-17(19-7-11-23(31)24(32)14-19)34-29(38)22-4-3-13-33-28(22)35-27(18-5-8-20(40-2)9-6-18)16-41-21-10-12-25-26(15-21)37-30(39)36-25/h3-9,11,13-14,17,21,25-27H,10,12,15-16H2,1-2H3,(H,33,35)(H,34,38)(H2,36,37,39)/t17-,21?,25?,26?,27-/m0/s1. The number of hydrogen-bond acceptors (Lipinski definition) is 6. The zero-order valence-electron chi connectivity index (χ0n) is 22.8. The molecule has 1 aliphatic carbocycles. The fraction of sp³-hybridized carbons (Fsp3) is 0.367. The molecule has 11 heteroatoms. The highest BCUT2D eigenvalue weighted by molar-refractivity contribution is 5.99. The van der Waals surface area contributed by atoms with Crippen LogP contribution in [0.25, 0.3) is 0 Å². The maximum atomic E-state index is 13.8. The molecule has 216 valence electrons. The number of nitrogens with one attached hydrogen (secondary N) is 4. The number of carbonyl (C=O) groups excluding carboxylic acids is 2. The van der Waals surface area contributed by atoms with Crippen LogP contribution in [0.4, 0.5) is 19.4 Å². The number of benzene rings is 2. The Labute approximate surface area is 237 Å². The summed E-state index contributed by atoms with van der Waals surface area (Å²) in [7, 11) is 1.60. The monoisotopic (exact) mass is 565 g/mol. The molecule has 2 aliphatic rings. The lowest BCUT2D eigenvalue weighted by molar-refractivity contribution is 0.0137. The normalized spacial score (nSPS) is 21.2. The van der Waals surface area contributed by atoms with Crippen LogP contribution in [0.3, 0.4) is 0 Å². The number of methoxy groups -OCH3 is 1. The maximum absolute atomic E-state index is 13.8. The van der Waals surface area contributed by atoms with Crippen molar-refractivity contribution < 1.29 is 27.8 Å². The number of halogens is 2. The number of hydrogen-bond donors (Lipinski definition) is 4. The summed E-state index contributed by atoms with van der Waals surface area (Å²) in [5, 5.41) is 12.1. The molecule has 1 saturated carbocycles. The summed E-state index contributed by atoms with van der Waals surface area (Å²) < 4.78 is 38.8. The van der Waals surface area contributed by atoms with Crippen molar-refractivity contribution in [3.63, 3.8) is 0 Å². The Morgan fingerprint density at radius 1 is 1.05 bits per heavy atom. The first-order valence-corrected chi connectivity index (χ1v) is 13.6. The number of urea groups is 1. The quantitative estimate of drug-likeness (QED) is 0.285. The Morgan fingerprint density at radius 3 is 2.56 bits per heavy atom. The minimum absolute atomic E-state index is 0.0382. The second-order valence-corrected chi connectivity index (χ2v) is 10.3. The molecule has 5 atom stereocenters. The van der Waals surface area contributed by atoms with Gasteiger partial charge in [0.05, 0.1) is 49.6 Å². The Bertz CT molecular complexity index is 1390. The molecular weight excluding hydrogens is 532 g/mol. The lowest BCUT2D eigenvalue weighted by atomic mass is 9.89. The first-order chi connectivity index (χ1) is 19.8. The van der Waals surface area contributed by atoms with E-state index < -0.39 is 23.6 Å². The molecule has 3 unspecified atom stereocenters. The van der Waals surface area contributed by atoms with E-state index in [9.17, 15) is 18.4 Å². The van der Waals surface area contributed by atoms with E-state index in [-0.39, 0.29) is 30.3 Å². The number of anilines is 1. The van der Waals surface area contributed by atoms with Crippen LogP contribution in [0.15, 0.2) is 60.8 Å². The largest absolute Gasteiger partial charge is 0.497 e. The zero-order valence-corrected chi connectivity index (χ0v) is 22.8. The predicted molar refractivity (Wildman–Crippen MR) is 149 cm³/mol. The molecule has 1 saturated heterocycles. The SMILES string of the molecule is COc1ccc([C@H](COC2CCC3NC(=O)NC3C2)Nc2ncccc2C(=O)N[C@@H](C)c2ccc(F)c(F)c2)cc1. The number of nitrogens with zero attached hydrogens (tertiary/aromatic N) is 1. The Hall–Kier alpha value is -4.25. The molecule has 5 rings (SSSR count). The Morgan fingerprint density at radius 2 is 1.80 bits per heavy atom. The molecule has 2 aromatic carbocycles. The van der Waals surface area contributed by atoms with Gasteiger partial charge in [-0.05, 0) is 73.7 Å². The van der Waals surface area contributed by atoms with Gasteiger partial charge in [0.15, 0.2) is 11.6 Å². The average molecular weight is 566 g/mol. The van der Waals surface area contributed by atoms with Crippen LogP contribution in [0.5, 0.6) is 5.75 Å². The lowest BCUT2D eigenvalue weighted by Gasteiger charge is -2.32. The summed E-state index contributed by atoms with van der Waals surface area (Å²) in [4.78, 5) is 29.5. The van der Waals surface area contributed by atoms with Crippen LogP contribution in [0, 0.1) is 11.6 Å².